The van der Waals surface area contributed by atoms with Gasteiger partial charge in [-0.15, -0.1) is 0 Å². The maximum absolute atomic E-state index is 3.75. The first-order chi connectivity index (χ1) is 7.40. The Labute approximate surface area is 93.4 Å². The molecule has 1 saturated heterocycles. The zero-order valence-electron chi connectivity index (χ0n) is 9.75. The molecule has 0 aromatic rings. The van der Waals surface area contributed by atoms with Crippen molar-refractivity contribution in [3.05, 3.63) is 0 Å². The lowest BCUT2D eigenvalue weighted by Crippen LogP contribution is -2.43. The van der Waals surface area contributed by atoms with Crippen LogP contribution in [0.4, 0.5) is 0 Å². The van der Waals surface area contributed by atoms with Gasteiger partial charge < -0.3 is 10.2 Å². The summed E-state index contributed by atoms with van der Waals surface area (Å²) in [6.45, 7) is 5.39. The van der Waals surface area contributed by atoms with Crippen molar-refractivity contribution in [2.75, 3.05) is 26.2 Å². The van der Waals surface area contributed by atoms with Crippen molar-refractivity contribution in [1.82, 2.24) is 10.2 Å². The second kappa shape index (κ2) is 4.42. The van der Waals surface area contributed by atoms with Gasteiger partial charge in [0.05, 0.1) is 0 Å². The van der Waals surface area contributed by atoms with Gasteiger partial charge in [0.25, 0.3) is 0 Å². The Morgan fingerprint density at radius 1 is 0.867 bits per heavy atom. The molecule has 86 valence electrons. The van der Waals surface area contributed by atoms with Crippen molar-refractivity contribution in [2.24, 2.45) is 11.8 Å². The summed E-state index contributed by atoms with van der Waals surface area (Å²) in [6.07, 6.45) is 8.74. The summed E-state index contributed by atoms with van der Waals surface area (Å²) in [7, 11) is 0. The number of nitrogens with zero attached hydrogens (tertiary/aromatic N) is 1. The normalized spacial score (nSPS) is 29.6. The van der Waals surface area contributed by atoms with Crippen LogP contribution < -0.4 is 5.32 Å². The van der Waals surface area contributed by atoms with Crippen LogP contribution in [0.3, 0.4) is 0 Å². The molecule has 0 bridgehead atoms. The standard InChI is InChI=1S/C13H24N2/c1-2-11(1)9-14-13-5-7-15(8-6-13)10-12-3-4-12/h11-14H,1-10H2. The van der Waals surface area contributed by atoms with Crippen LogP contribution in [-0.4, -0.2) is 37.1 Å². The summed E-state index contributed by atoms with van der Waals surface area (Å²) in [6, 6.07) is 0.834. The Morgan fingerprint density at radius 2 is 1.53 bits per heavy atom. The fraction of sp³-hybridized carbons (Fsp3) is 1.00. The van der Waals surface area contributed by atoms with E-state index in [0.29, 0.717) is 0 Å². The molecule has 0 amide bonds. The van der Waals surface area contributed by atoms with Crippen molar-refractivity contribution in [2.45, 2.75) is 44.6 Å². The highest BCUT2D eigenvalue weighted by Crippen LogP contribution is 2.31. The van der Waals surface area contributed by atoms with E-state index in [1.54, 1.807) is 0 Å². The average Bonchev–Trinajstić information content (AvgIpc) is 3.12. The predicted octanol–water partition coefficient (Wildman–Crippen LogP) is 1.86. The number of hydrogen-bond acceptors (Lipinski definition) is 2. The van der Waals surface area contributed by atoms with E-state index in [-0.39, 0.29) is 0 Å². The Hall–Kier alpha value is -0.0800. The monoisotopic (exact) mass is 208 g/mol. The lowest BCUT2D eigenvalue weighted by Gasteiger charge is -2.32. The van der Waals surface area contributed by atoms with Gasteiger partial charge in [-0.2, -0.15) is 0 Å². The quantitative estimate of drug-likeness (QED) is 0.742. The highest BCUT2D eigenvalue weighted by atomic mass is 15.1. The van der Waals surface area contributed by atoms with Gasteiger partial charge in [-0.05, 0) is 70.0 Å². The van der Waals surface area contributed by atoms with E-state index in [0.717, 1.165) is 17.9 Å². The highest BCUT2D eigenvalue weighted by Gasteiger charge is 2.28. The van der Waals surface area contributed by atoms with Crippen LogP contribution in [0.5, 0.6) is 0 Å². The van der Waals surface area contributed by atoms with Crippen LogP contribution in [0, 0.1) is 11.8 Å². The van der Waals surface area contributed by atoms with Gasteiger partial charge in [-0.25, -0.2) is 0 Å². The summed E-state index contributed by atoms with van der Waals surface area (Å²) in [5.74, 6) is 2.11. The first-order valence-corrected chi connectivity index (χ1v) is 6.86. The van der Waals surface area contributed by atoms with Crippen LogP contribution in [0.2, 0.25) is 0 Å². The maximum atomic E-state index is 3.75. The largest absolute Gasteiger partial charge is 0.314 e. The summed E-state index contributed by atoms with van der Waals surface area (Å²) in [5.41, 5.74) is 0. The molecule has 2 saturated carbocycles. The van der Waals surface area contributed by atoms with Crippen LogP contribution in [0.1, 0.15) is 38.5 Å². The molecule has 1 N–H and O–H groups in total. The molecule has 3 fully saturated rings. The number of hydrogen-bond donors (Lipinski definition) is 1. The maximum Gasteiger partial charge on any atom is 0.00915 e. The first-order valence-electron chi connectivity index (χ1n) is 6.86. The second-order valence-corrected chi connectivity index (χ2v) is 5.87. The lowest BCUT2D eigenvalue weighted by atomic mass is 10.0. The molecular weight excluding hydrogens is 184 g/mol. The molecule has 1 aliphatic heterocycles. The van der Waals surface area contributed by atoms with E-state index in [1.807, 2.05) is 0 Å². The van der Waals surface area contributed by atoms with E-state index in [9.17, 15) is 0 Å². The van der Waals surface area contributed by atoms with Gasteiger partial charge in [0.15, 0.2) is 0 Å². The molecule has 2 nitrogen and oxygen atoms in total. The molecule has 2 heteroatoms. The van der Waals surface area contributed by atoms with Gasteiger partial charge in [0.1, 0.15) is 0 Å². The van der Waals surface area contributed by atoms with Crippen LogP contribution in [0.25, 0.3) is 0 Å². The van der Waals surface area contributed by atoms with Crippen molar-refractivity contribution in [3.63, 3.8) is 0 Å². The van der Waals surface area contributed by atoms with E-state index < -0.39 is 0 Å². The molecule has 2 aliphatic carbocycles. The Bertz CT molecular complexity index is 201. The third-order valence-corrected chi connectivity index (χ3v) is 4.19. The number of likely N-dealkylation sites (tertiary alicyclic amines) is 1. The minimum Gasteiger partial charge on any atom is -0.314 e. The molecule has 0 aromatic carbocycles. The fourth-order valence-corrected chi connectivity index (χ4v) is 2.64. The van der Waals surface area contributed by atoms with Crippen LogP contribution in [-0.2, 0) is 0 Å². The van der Waals surface area contributed by atoms with Crippen molar-refractivity contribution in [3.8, 4) is 0 Å². The van der Waals surface area contributed by atoms with Gasteiger partial charge in [-0.3, -0.25) is 0 Å². The summed E-state index contributed by atoms with van der Waals surface area (Å²) in [4.78, 5) is 2.69. The van der Waals surface area contributed by atoms with Crippen molar-refractivity contribution >= 4 is 0 Å². The predicted molar refractivity (Wildman–Crippen MR) is 62.9 cm³/mol. The number of rotatable bonds is 5. The number of piperidine rings is 1. The molecule has 15 heavy (non-hydrogen) atoms. The van der Waals surface area contributed by atoms with Crippen LogP contribution in [0.15, 0.2) is 0 Å². The molecule has 3 rings (SSSR count). The van der Waals surface area contributed by atoms with E-state index in [4.69, 9.17) is 0 Å². The molecule has 1 heterocycles. The van der Waals surface area contributed by atoms with Crippen LogP contribution >= 0.6 is 0 Å². The molecular formula is C13H24N2. The summed E-state index contributed by atoms with van der Waals surface area (Å²) >= 11 is 0. The van der Waals surface area contributed by atoms with E-state index in [2.05, 4.69) is 10.2 Å². The Morgan fingerprint density at radius 3 is 2.13 bits per heavy atom. The molecule has 0 unspecified atom stereocenters. The lowest BCUT2D eigenvalue weighted by molar-refractivity contribution is 0.190. The highest BCUT2D eigenvalue weighted by molar-refractivity contribution is 4.84. The molecule has 3 aliphatic rings. The second-order valence-electron chi connectivity index (χ2n) is 5.87. The molecule has 0 atom stereocenters. The third kappa shape index (κ3) is 3.18. The SMILES string of the molecule is C1CC1CNC1CCN(CC2CC2)CC1. The third-order valence-electron chi connectivity index (χ3n) is 4.19. The number of nitrogens with one attached hydrogen (secondary N) is 1. The summed E-state index contributed by atoms with van der Waals surface area (Å²) < 4.78 is 0. The molecule has 0 radical (unpaired) electrons. The Kier molecular flexibility index (Phi) is 2.98. The van der Waals surface area contributed by atoms with Crippen molar-refractivity contribution < 1.29 is 0 Å². The van der Waals surface area contributed by atoms with Gasteiger partial charge in [0, 0.05) is 12.6 Å². The zero-order valence-corrected chi connectivity index (χ0v) is 9.75. The van der Waals surface area contributed by atoms with E-state index >= 15 is 0 Å². The average molecular weight is 208 g/mol. The minimum absolute atomic E-state index is 0.834. The topological polar surface area (TPSA) is 15.3 Å². The zero-order chi connectivity index (χ0) is 10.1. The Balaban J connectivity index is 1.32. The van der Waals surface area contributed by atoms with Gasteiger partial charge in [-0.1, -0.05) is 0 Å². The van der Waals surface area contributed by atoms with E-state index in [1.165, 1.54) is 64.7 Å². The smallest absolute Gasteiger partial charge is 0.00915 e. The van der Waals surface area contributed by atoms with Crippen molar-refractivity contribution in [1.29, 1.82) is 0 Å². The minimum atomic E-state index is 0.834. The summed E-state index contributed by atoms with van der Waals surface area (Å²) in [5, 5.41) is 3.75. The first kappa shape index (κ1) is 10.1. The van der Waals surface area contributed by atoms with Gasteiger partial charge in [0.2, 0.25) is 0 Å². The molecule has 0 spiro atoms. The molecule has 0 aromatic heterocycles. The fourth-order valence-electron chi connectivity index (χ4n) is 2.64. The van der Waals surface area contributed by atoms with Gasteiger partial charge >= 0.3 is 0 Å².